The van der Waals surface area contributed by atoms with Gasteiger partial charge in [0.15, 0.2) is 10.3 Å². The Morgan fingerprint density at radius 3 is 2.75 bits per heavy atom. The second-order valence-corrected chi connectivity index (χ2v) is 8.72. The number of rotatable bonds is 7. The number of thiazole rings is 1. The van der Waals surface area contributed by atoms with Gasteiger partial charge in [-0.05, 0) is 31.9 Å². The summed E-state index contributed by atoms with van der Waals surface area (Å²) in [6.45, 7) is 5.81. The number of nitrogens with zero attached hydrogens (tertiary/aromatic N) is 4. The highest BCUT2D eigenvalue weighted by atomic mass is 35.5. The third-order valence-corrected chi connectivity index (χ3v) is 6.61. The second-order valence-electron chi connectivity index (χ2n) is 6.16. The molecular formula is C18H21ClN6OS2. The first-order chi connectivity index (χ1) is 13.4. The lowest BCUT2D eigenvalue weighted by Gasteiger charge is -2.18. The maximum Gasteiger partial charge on any atom is 0.249 e. The highest BCUT2D eigenvalue weighted by molar-refractivity contribution is 7.98. The fourth-order valence-electron chi connectivity index (χ4n) is 2.64. The Hall–Kier alpha value is -2.10. The van der Waals surface area contributed by atoms with Crippen LogP contribution < -0.4 is 11.1 Å². The van der Waals surface area contributed by atoms with Crippen molar-refractivity contribution in [3.05, 3.63) is 45.4 Å². The number of carbonyl (C=O) groups excluding carboxylic acids is 1. The first-order valence-electron chi connectivity index (χ1n) is 8.72. The molecule has 148 valence electrons. The SMILES string of the molecule is CCC(C(=O)Nc1nc(C)c(C)s1)n1c(N)nnc1SCc1ccccc1Cl. The number of amides is 1. The quantitative estimate of drug-likeness (QED) is 0.530. The zero-order valence-corrected chi connectivity index (χ0v) is 18.2. The van der Waals surface area contributed by atoms with Crippen molar-refractivity contribution in [1.82, 2.24) is 19.7 Å². The molecule has 28 heavy (non-hydrogen) atoms. The van der Waals surface area contributed by atoms with Gasteiger partial charge in [0, 0.05) is 15.7 Å². The van der Waals surface area contributed by atoms with E-state index in [9.17, 15) is 4.79 Å². The number of hydrogen-bond acceptors (Lipinski definition) is 7. The van der Waals surface area contributed by atoms with Gasteiger partial charge in [-0.25, -0.2) is 4.98 Å². The van der Waals surface area contributed by atoms with Crippen LogP contribution in [0.3, 0.4) is 0 Å². The van der Waals surface area contributed by atoms with E-state index >= 15 is 0 Å². The molecule has 10 heteroatoms. The Morgan fingerprint density at radius 2 is 2.11 bits per heavy atom. The number of nitrogen functional groups attached to an aromatic ring is 1. The molecule has 0 radical (unpaired) electrons. The zero-order chi connectivity index (χ0) is 20.3. The Kier molecular flexibility index (Phi) is 6.58. The number of aromatic nitrogens is 4. The number of hydrogen-bond donors (Lipinski definition) is 2. The van der Waals surface area contributed by atoms with Crippen LogP contribution >= 0.6 is 34.7 Å². The molecule has 0 bridgehead atoms. The maximum absolute atomic E-state index is 12.9. The number of aryl methyl sites for hydroxylation is 2. The molecule has 0 saturated carbocycles. The van der Waals surface area contributed by atoms with E-state index in [1.54, 1.807) is 4.57 Å². The summed E-state index contributed by atoms with van der Waals surface area (Å²) >= 11 is 9.12. The molecule has 0 fully saturated rings. The van der Waals surface area contributed by atoms with Crippen molar-refractivity contribution in [2.75, 3.05) is 11.1 Å². The number of halogens is 1. The van der Waals surface area contributed by atoms with Crippen molar-refractivity contribution in [2.24, 2.45) is 0 Å². The first kappa shape index (κ1) is 20.6. The fraction of sp³-hybridized carbons (Fsp3) is 0.333. The third-order valence-electron chi connectivity index (χ3n) is 4.27. The van der Waals surface area contributed by atoms with E-state index in [0.29, 0.717) is 27.5 Å². The van der Waals surface area contributed by atoms with Crippen LogP contribution in [0.25, 0.3) is 0 Å². The number of nitrogens with one attached hydrogen (secondary N) is 1. The third kappa shape index (κ3) is 4.48. The largest absolute Gasteiger partial charge is 0.368 e. The lowest BCUT2D eigenvalue weighted by molar-refractivity contribution is -0.119. The van der Waals surface area contributed by atoms with Gasteiger partial charge in [0.1, 0.15) is 6.04 Å². The summed E-state index contributed by atoms with van der Waals surface area (Å²) in [4.78, 5) is 18.3. The number of nitrogens with two attached hydrogens (primary N) is 1. The van der Waals surface area contributed by atoms with Crippen LogP contribution in [-0.2, 0) is 10.5 Å². The minimum atomic E-state index is -0.534. The van der Waals surface area contributed by atoms with Crippen LogP contribution in [0.4, 0.5) is 11.1 Å². The smallest absolute Gasteiger partial charge is 0.249 e. The highest BCUT2D eigenvalue weighted by Gasteiger charge is 2.26. The standard InChI is InChI=1S/C18H21ClN6OS2/c1-4-14(15(26)22-17-21-10(2)11(3)28-17)25-16(20)23-24-18(25)27-9-12-7-5-6-8-13(12)19/h5-8,14H,4,9H2,1-3H3,(H2,20,23)(H,21,22,26). The van der Waals surface area contributed by atoms with Crippen LogP contribution in [0, 0.1) is 13.8 Å². The van der Waals surface area contributed by atoms with Gasteiger partial charge < -0.3 is 11.1 Å². The summed E-state index contributed by atoms with van der Waals surface area (Å²) in [6.07, 6.45) is 0.539. The number of benzene rings is 1. The highest BCUT2D eigenvalue weighted by Crippen LogP contribution is 2.30. The van der Waals surface area contributed by atoms with E-state index in [2.05, 4.69) is 20.5 Å². The van der Waals surface area contributed by atoms with Gasteiger partial charge in [-0.15, -0.1) is 21.5 Å². The molecule has 0 aliphatic rings. The van der Waals surface area contributed by atoms with Crippen LogP contribution in [0.5, 0.6) is 0 Å². The van der Waals surface area contributed by atoms with Crippen LogP contribution in [0.2, 0.25) is 5.02 Å². The van der Waals surface area contributed by atoms with Crippen molar-refractivity contribution < 1.29 is 4.79 Å². The summed E-state index contributed by atoms with van der Waals surface area (Å²) in [5, 5.41) is 12.9. The van der Waals surface area contributed by atoms with Crippen LogP contribution in [-0.4, -0.2) is 25.7 Å². The molecule has 1 atom stereocenters. The maximum atomic E-state index is 12.9. The summed E-state index contributed by atoms with van der Waals surface area (Å²) in [5.74, 6) is 0.610. The number of carbonyl (C=O) groups is 1. The molecule has 3 rings (SSSR count). The van der Waals surface area contributed by atoms with Crippen LogP contribution in [0.15, 0.2) is 29.4 Å². The lowest BCUT2D eigenvalue weighted by Crippen LogP contribution is -2.27. The van der Waals surface area contributed by atoms with Crippen molar-refractivity contribution in [3.63, 3.8) is 0 Å². The van der Waals surface area contributed by atoms with E-state index in [1.807, 2.05) is 45.0 Å². The van der Waals surface area contributed by atoms with Gasteiger partial charge in [0.25, 0.3) is 0 Å². The Labute approximate surface area is 176 Å². The summed E-state index contributed by atoms with van der Waals surface area (Å²) in [6, 6.07) is 7.08. The first-order valence-corrected chi connectivity index (χ1v) is 10.9. The second kappa shape index (κ2) is 8.93. The van der Waals surface area contributed by atoms with E-state index in [4.69, 9.17) is 17.3 Å². The van der Waals surface area contributed by atoms with Gasteiger partial charge in [-0.1, -0.05) is 48.5 Å². The molecule has 3 aromatic rings. The molecule has 1 amide bonds. The molecule has 0 aliphatic heterocycles. The minimum Gasteiger partial charge on any atom is -0.368 e. The number of anilines is 2. The molecule has 7 nitrogen and oxygen atoms in total. The van der Waals surface area contributed by atoms with Gasteiger partial charge in [0.05, 0.1) is 5.69 Å². The van der Waals surface area contributed by atoms with Crippen molar-refractivity contribution in [1.29, 1.82) is 0 Å². The van der Waals surface area contributed by atoms with Crippen molar-refractivity contribution >= 4 is 51.7 Å². The van der Waals surface area contributed by atoms with E-state index in [1.165, 1.54) is 23.1 Å². The monoisotopic (exact) mass is 436 g/mol. The van der Waals surface area contributed by atoms with E-state index in [0.717, 1.165) is 16.1 Å². The van der Waals surface area contributed by atoms with Crippen molar-refractivity contribution in [3.8, 4) is 0 Å². The van der Waals surface area contributed by atoms with Crippen molar-refractivity contribution in [2.45, 2.75) is 44.1 Å². The Morgan fingerprint density at radius 1 is 1.36 bits per heavy atom. The average molecular weight is 437 g/mol. The summed E-state index contributed by atoms with van der Waals surface area (Å²) < 4.78 is 1.67. The lowest BCUT2D eigenvalue weighted by atomic mass is 10.2. The molecule has 3 N–H and O–H groups in total. The van der Waals surface area contributed by atoms with Gasteiger partial charge >= 0.3 is 0 Å². The van der Waals surface area contributed by atoms with Gasteiger partial charge in [0.2, 0.25) is 11.9 Å². The van der Waals surface area contributed by atoms with E-state index in [-0.39, 0.29) is 11.9 Å². The average Bonchev–Trinajstić information content (AvgIpc) is 3.17. The predicted octanol–water partition coefficient (Wildman–Crippen LogP) is 4.47. The van der Waals surface area contributed by atoms with E-state index < -0.39 is 6.04 Å². The molecule has 1 aromatic carbocycles. The predicted molar refractivity (Wildman–Crippen MR) is 115 cm³/mol. The molecule has 0 aliphatic carbocycles. The minimum absolute atomic E-state index is 0.192. The summed E-state index contributed by atoms with van der Waals surface area (Å²) in [7, 11) is 0. The molecule has 2 heterocycles. The van der Waals surface area contributed by atoms with Gasteiger partial charge in [-0.3, -0.25) is 9.36 Å². The molecule has 0 spiro atoms. The number of thioether (sulfide) groups is 1. The zero-order valence-electron chi connectivity index (χ0n) is 15.8. The normalized spacial score (nSPS) is 12.1. The molecule has 0 saturated heterocycles. The Bertz CT molecular complexity index is 967. The summed E-state index contributed by atoms with van der Waals surface area (Å²) in [5.41, 5.74) is 7.92. The van der Waals surface area contributed by atoms with Gasteiger partial charge in [-0.2, -0.15) is 0 Å². The molecule has 2 aromatic heterocycles. The van der Waals surface area contributed by atoms with Crippen LogP contribution in [0.1, 0.15) is 35.5 Å². The Balaban J connectivity index is 1.79. The molecular weight excluding hydrogens is 416 g/mol. The fourth-order valence-corrected chi connectivity index (χ4v) is 4.73. The topological polar surface area (TPSA) is 98.7 Å². The molecule has 1 unspecified atom stereocenters.